The first-order valence-corrected chi connectivity index (χ1v) is 7.87. The normalized spacial score (nSPS) is 29.3. The van der Waals surface area contributed by atoms with Crippen LogP contribution in [0.2, 0.25) is 0 Å². The minimum absolute atomic E-state index is 0.294. The number of rotatable bonds is 5. The van der Waals surface area contributed by atoms with E-state index >= 15 is 0 Å². The largest absolute Gasteiger partial charge is 0.396 e. The Morgan fingerprint density at radius 1 is 1.16 bits per heavy atom. The smallest absolute Gasteiger partial charge is 0.226 e. The van der Waals surface area contributed by atoms with Crippen molar-refractivity contribution in [3.63, 3.8) is 0 Å². The SMILES string of the molecule is O=C([C@@H]1CC12CCC2)N1CCN(CCCCO)CC1. The zero-order chi connectivity index (χ0) is 13.3. The van der Waals surface area contributed by atoms with Gasteiger partial charge in [-0.1, -0.05) is 6.42 Å². The number of carbonyl (C=O) groups excluding carboxylic acids is 1. The van der Waals surface area contributed by atoms with Crippen molar-refractivity contribution in [3.05, 3.63) is 0 Å². The van der Waals surface area contributed by atoms with Gasteiger partial charge in [-0.15, -0.1) is 0 Å². The molecule has 3 aliphatic rings. The van der Waals surface area contributed by atoms with E-state index in [4.69, 9.17) is 5.11 Å². The van der Waals surface area contributed by atoms with E-state index < -0.39 is 0 Å². The zero-order valence-electron chi connectivity index (χ0n) is 11.8. The lowest BCUT2D eigenvalue weighted by Crippen LogP contribution is -2.49. The number of amides is 1. The Bertz CT molecular complexity index is 333. The minimum atomic E-state index is 0.294. The summed E-state index contributed by atoms with van der Waals surface area (Å²) in [7, 11) is 0. The number of piperazine rings is 1. The number of unbranched alkanes of at least 4 members (excludes halogenated alkanes) is 1. The average molecular weight is 266 g/mol. The third-order valence-corrected chi connectivity index (χ3v) is 5.40. The van der Waals surface area contributed by atoms with Gasteiger partial charge in [0.1, 0.15) is 0 Å². The van der Waals surface area contributed by atoms with Crippen LogP contribution < -0.4 is 0 Å². The molecule has 1 N–H and O–H groups in total. The Hall–Kier alpha value is -0.610. The summed E-state index contributed by atoms with van der Waals surface area (Å²) in [5.74, 6) is 0.817. The number of aliphatic hydroxyl groups is 1. The van der Waals surface area contributed by atoms with Crippen molar-refractivity contribution in [3.8, 4) is 0 Å². The van der Waals surface area contributed by atoms with Crippen LogP contribution >= 0.6 is 0 Å². The molecule has 2 saturated carbocycles. The van der Waals surface area contributed by atoms with Crippen LogP contribution in [-0.2, 0) is 4.79 Å². The summed E-state index contributed by atoms with van der Waals surface area (Å²) in [5.41, 5.74) is 0.468. The first-order valence-electron chi connectivity index (χ1n) is 7.87. The van der Waals surface area contributed by atoms with Gasteiger partial charge in [0.15, 0.2) is 0 Å². The molecular weight excluding hydrogens is 240 g/mol. The van der Waals surface area contributed by atoms with Crippen molar-refractivity contribution in [1.82, 2.24) is 9.80 Å². The van der Waals surface area contributed by atoms with E-state index in [0.717, 1.165) is 45.6 Å². The van der Waals surface area contributed by atoms with Crippen LogP contribution in [0, 0.1) is 11.3 Å². The highest BCUT2D eigenvalue weighted by Gasteiger charge is 2.61. The summed E-state index contributed by atoms with van der Waals surface area (Å²) in [6.45, 7) is 5.20. The number of aliphatic hydroxyl groups excluding tert-OH is 1. The van der Waals surface area contributed by atoms with E-state index in [-0.39, 0.29) is 0 Å². The average Bonchev–Trinajstić information content (AvgIpc) is 3.15. The molecule has 0 unspecified atom stereocenters. The molecule has 0 aromatic heterocycles. The third kappa shape index (κ3) is 2.65. The second-order valence-electron chi connectivity index (χ2n) is 6.57. The van der Waals surface area contributed by atoms with E-state index in [1.54, 1.807) is 0 Å². The van der Waals surface area contributed by atoms with Gasteiger partial charge in [0.05, 0.1) is 0 Å². The predicted molar refractivity (Wildman–Crippen MR) is 73.7 cm³/mol. The zero-order valence-corrected chi connectivity index (χ0v) is 11.8. The maximum Gasteiger partial charge on any atom is 0.226 e. The molecule has 1 heterocycles. The maximum atomic E-state index is 12.4. The maximum absolute atomic E-state index is 12.4. The molecule has 1 saturated heterocycles. The van der Waals surface area contributed by atoms with Gasteiger partial charge in [0, 0.05) is 38.7 Å². The molecule has 3 fully saturated rings. The highest BCUT2D eigenvalue weighted by molar-refractivity contribution is 5.83. The molecule has 1 atom stereocenters. The van der Waals surface area contributed by atoms with E-state index in [0.29, 0.717) is 23.8 Å². The molecule has 108 valence electrons. The summed E-state index contributed by atoms with van der Waals surface area (Å²) in [4.78, 5) is 16.9. The summed E-state index contributed by atoms with van der Waals surface area (Å²) < 4.78 is 0. The Balaban J connectivity index is 1.39. The van der Waals surface area contributed by atoms with Gasteiger partial charge >= 0.3 is 0 Å². The number of carbonyl (C=O) groups is 1. The van der Waals surface area contributed by atoms with E-state index in [2.05, 4.69) is 9.80 Å². The van der Waals surface area contributed by atoms with Crippen LogP contribution in [0.5, 0.6) is 0 Å². The number of nitrogens with zero attached hydrogens (tertiary/aromatic N) is 2. The lowest BCUT2D eigenvalue weighted by molar-refractivity contribution is -0.135. The lowest BCUT2D eigenvalue weighted by atomic mass is 9.79. The molecule has 4 nitrogen and oxygen atoms in total. The molecule has 19 heavy (non-hydrogen) atoms. The van der Waals surface area contributed by atoms with Crippen molar-refractivity contribution in [2.45, 2.75) is 38.5 Å². The highest BCUT2D eigenvalue weighted by Crippen LogP contribution is 2.65. The van der Waals surface area contributed by atoms with Gasteiger partial charge in [-0.2, -0.15) is 0 Å². The van der Waals surface area contributed by atoms with Gasteiger partial charge in [-0.3, -0.25) is 9.69 Å². The van der Waals surface area contributed by atoms with Crippen molar-refractivity contribution in [1.29, 1.82) is 0 Å². The van der Waals surface area contributed by atoms with Gasteiger partial charge in [0.2, 0.25) is 5.91 Å². The van der Waals surface area contributed by atoms with Crippen molar-refractivity contribution in [2.75, 3.05) is 39.3 Å². The summed E-state index contributed by atoms with van der Waals surface area (Å²) in [5, 5.41) is 8.79. The van der Waals surface area contributed by atoms with Crippen molar-refractivity contribution < 1.29 is 9.90 Å². The summed E-state index contributed by atoms with van der Waals surface area (Å²) in [6.07, 6.45) is 7.06. The van der Waals surface area contributed by atoms with E-state index in [1.165, 1.54) is 25.7 Å². The molecule has 1 amide bonds. The molecule has 3 rings (SSSR count). The van der Waals surface area contributed by atoms with Crippen LogP contribution in [0.1, 0.15) is 38.5 Å². The Morgan fingerprint density at radius 2 is 1.89 bits per heavy atom. The third-order valence-electron chi connectivity index (χ3n) is 5.40. The first kappa shape index (κ1) is 13.4. The highest BCUT2D eigenvalue weighted by atomic mass is 16.2. The Morgan fingerprint density at radius 3 is 2.42 bits per heavy atom. The van der Waals surface area contributed by atoms with Gasteiger partial charge in [-0.25, -0.2) is 0 Å². The van der Waals surface area contributed by atoms with E-state index in [9.17, 15) is 4.79 Å². The summed E-state index contributed by atoms with van der Waals surface area (Å²) >= 11 is 0. The standard InChI is InChI=1S/C15H26N2O2/c18-11-2-1-6-16-7-9-17(10-8-16)14(19)13-12-15(13)4-3-5-15/h13,18H,1-12H2/t13-/m0/s1. The molecule has 4 heteroatoms. The van der Waals surface area contributed by atoms with Gasteiger partial charge in [-0.05, 0) is 44.1 Å². The van der Waals surface area contributed by atoms with Crippen LogP contribution in [0.15, 0.2) is 0 Å². The molecule has 1 aliphatic heterocycles. The first-order chi connectivity index (χ1) is 9.25. The molecule has 0 bridgehead atoms. The fourth-order valence-corrected chi connectivity index (χ4v) is 3.74. The quantitative estimate of drug-likeness (QED) is 0.758. The number of hydrogen-bond donors (Lipinski definition) is 1. The second kappa shape index (κ2) is 5.41. The summed E-state index contributed by atoms with van der Waals surface area (Å²) in [6, 6.07) is 0. The number of hydrogen-bond acceptors (Lipinski definition) is 3. The van der Waals surface area contributed by atoms with Crippen LogP contribution in [0.25, 0.3) is 0 Å². The minimum Gasteiger partial charge on any atom is -0.396 e. The van der Waals surface area contributed by atoms with Gasteiger partial charge < -0.3 is 10.0 Å². The molecule has 0 aromatic carbocycles. The molecule has 2 aliphatic carbocycles. The topological polar surface area (TPSA) is 43.8 Å². The molecule has 0 aromatic rings. The van der Waals surface area contributed by atoms with Gasteiger partial charge in [0.25, 0.3) is 0 Å². The second-order valence-corrected chi connectivity index (χ2v) is 6.57. The fourth-order valence-electron chi connectivity index (χ4n) is 3.74. The van der Waals surface area contributed by atoms with Crippen LogP contribution in [0.4, 0.5) is 0 Å². The Labute approximate surface area is 115 Å². The fraction of sp³-hybridized carbons (Fsp3) is 0.933. The molecule has 0 radical (unpaired) electrons. The van der Waals surface area contributed by atoms with Crippen LogP contribution in [-0.4, -0.2) is 60.1 Å². The van der Waals surface area contributed by atoms with Crippen molar-refractivity contribution >= 4 is 5.91 Å². The van der Waals surface area contributed by atoms with Crippen molar-refractivity contribution in [2.24, 2.45) is 11.3 Å². The lowest BCUT2D eigenvalue weighted by Gasteiger charge is -2.36. The molecular formula is C15H26N2O2. The molecule has 1 spiro atoms. The van der Waals surface area contributed by atoms with Crippen LogP contribution in [0.3, 0.4) is 0 Å². The predicted octanol–water partition coefficient (Wildman–Crippen LogP) is 1.09. The Kier molecular flexibility index (Phi) is 3.81. The monoisotopic (exact) mass is 266 g/mol. The van der Waals surface area contributed by atoms with E-state index in [1.807, 2.05) is 0 Å².